The smallest absolute Gasteiger partial charge is 0.224 e. The summed E-state index contributed by atoms with van der Waals surface area (Å²) in [5, 5.41) is 6.11. The molecule has 5 nitrogen and oxygen atoms in total. The van der Waals surface area contributed by atoms with Crippen LogP contribution in [0.2, 0.25) is 0 Å². The summed E-state index contributed by atoms with van der Waals surface area (Å²) in [4.78, 5) is 18.5. The molecule has 0 spiro atoms. The lowest BCUT2D eigenvalue weighted by atomic mass is 10.0. The van der Waals surface area contributed by atoms with E-state index in [1.165, 1.54) is 6.42 Å². The number of likely N-dealkylation sites (tertiary alicyclic amines) is 1. The monoisotopic (exact) mass is 406 g/mol. The van der Waals surface area contributed by atoms with Crippen LogP contribution in [0.5, 0.6) is 0 Å². The van der Waals surface area contributed by atoms with Gasteiger partial charge in [0, 0.05) is 25.6 Å². The number of nitrogens with zero attached hydrogens (tertiary/aromatic N) is 2. The van der Waals surface area contributed by atoms with E-state index >= 15 is 0 Å². The van der Waals surface area contributed by atoms with E-state index in [4.69, 9.17) is 6.42 Å². The van der Waals surface area contributed by atoms with Gasteiger partial charge < -0.3 is 15.5 Å². The third-order valence-electron chi connectivity index (χ3n) is 3.42. The molecule has 1 heterocycles. The lowest BCUT2D eigenvalue weighted by Crippen LogP contribution is -2.42. The van der Waals surface area contributed by atoms with E-state index in [0.717, 1.165) is 25.9 Å². The second kappa shape index (κ2) is 11.7. The van der Waals surface area contributed by atoms with Gasteiger partial charge in [-0.15, -0.1) is 30.4 Å². The summed E-state index contributed by atoms with van der Waals surface area (Å²) in [6.45, 7) is 6.70. The van der Waals surface area contributed by atoms with Crippen molar-refractivity contribution in [3.63, 3.8) is 0 Å². The molecule has 1 unspecified atom stereocenters. The molecule has 1 fully saturated rings. The molecule has 1 atom stereocenters. The number of carbonyl (C=O) groups is 1. The summed E-state index contributed by atoms with van der Waals surface area (Å²) in [7, 11) is 0. The van der Waals surface area contributed by atoms with Gasteiger partial charge in [0.25, 0.3) is 0 Å². The Hall–Kier alpha value is -0.970. The number of halogens is 1. The number of aliphatic imine (C=N–C) groups is 1. The van der Waals surface area contributed by atoms with E-state index in [1.54, 1.807) is 0 Å². The minimum absolute atomic E-state index is 0. The normalized spacial score (nSPS) is 18.4. The SMILES string of the molecule is C#CCNC(=NCCC(=O)N1CCCCC1C)NCC.I. The average Bonchev–Trinajstić information content (AvgIpc) is 2.45. The highest BCUT2D eigenvalue weighted by molar-refractivity contribution is 14.0. The van der Waals surface area contributed by atoms with E-state index in [1.807, 2.05) is 11.8 Å². The summed E-state index contributed by atoms with van der Waals surface area (Å²) in [5.41, 5.74) is 0. The van der Waals surface area contributed by atoms with Crippen molar-refractivity contribution in [2.45, 2.75) is 45.6 Å². The third kappa shape index (κ3) is 7.55. The van der Waals surface area contributed by atoms with Gasteiger partial charge in [-0.25, -0.2) is 0 Å². The van der Waals surface area contributed by atoms with Crippen LogP contribution in [-0.2, 0) is 4.79 Å². The molecule has 0 saturated carbocycles. The Morgan fingerprint density at radius 1 is 1.43 bits per heavy atom. The van der Waals surface area contributed by atoms with Crippen LogP contribution < -0.4 is 10.6 Å². The number of amides is 1. The van der Waals surface area contributed by atoms with E-state index < -0.39 is 0 Å². The topological polar surface area (TPSA) is 56.7 Å². The van der Waals surface area contributed by atoms with Crippen LogP contribution in [0.4, 0.5) is 0 Å². The van der Waals surface area contributed by atoms with Crippen LogP contribution >= 0.6 is 24.0 Å². The molecule has 0 aromatic carbocycles. The third-order valence-corrected chi connectivity index (χ3v) is 3.42. The van der Waals surface area contributed by atoms with Crippen LogP contribution in [-0.4, -0.2) is 49.0 Å². The Bertz CT molecular complexity index is 378. The zero-order chi connectivity index (χ0) is 14.8. The van der Waals surface area contributed by atoms with Crippen LogP contribution in [0.1, 0.15) is 39.5 Å². The Kier molecular flexibility index (Phi) is 11.1. The van der Waals surface area contributed by atoms with E-state index in [9.17, 15) is 4.79 Å². The maximum Gasteiger partial charge on any atom is 0.224 e. The van der Waals surface area contributed by atoms with E-state index in [0.29, 0.717) is 31.5 Å². The maximum absolute atomic E-state index is 12.1. The first-order chi connectivity index (χ1) is 9.69. The minimum atomic E-state index is 0. The van der Waals surface area contributed by atoms with Gasteiger partial charge in [0.1, 0.15) is 0 Å². The number of hydrogen-bond acceptors (Lipinski definition) is 2. The van der Waals surface area contributed by atoms with E-state index in [2.05, 4.69) is 28.5 Å². The average molecular weight is 406 g/mol. The largest absolute Gasteiger partial charge is 0.357 e. The van der Waals surface area contributed by atoms with Crippen LogP contribution in [0.25, 0.3) is 0 Å². The van der Waals surface area contributed by atoms with Gasteiger partial charge in [0.15, 0.2) is 5.96 Å². The number of carbonyl (C=O) groups excluding carboxylic acids is 1. The summed E-state index contributed by atoms with van der Waals surface area (Å²) in [5.74, 6) is 3.38. The Morgan fingerprint density at radius 3 is 2.81 bits per heavy atom. The predicted octanol–water partition coefficient (Wildman–Crippen LogP) is 1.58. The van der Waals surface area contributed by atoms with Gasteiger partial charge in [-0.05, 0) is 33.1 Å². The first-order valence-corrected chi connectivity index (χ1v) is 7.44. The van der Waals surface area contributed by atoms with Crippen molar-refractivity contribution in [3.8, 4) is 12.3 Å². The van der Waals surface area contributed by atoms with Gasteiger partial charge in [0.05, 0.1) is 13.1 Å². The number of rotatable bonds is 5. The molecule has 0 radical (unpaired) electrons. The van der Waals surface area contributed by atoms with Crippen LogP contribution in [0.3, 0.4) is 0 Å². The molecule has 0 aromatic heterocycles. The van der Waals surface area contributed by atoms with Gasteiger partial charge in [-0.3, -0.25) is 9.79 Å². The number of piperidine rings is 1. The Balaban J connectivity index is 0.00000400. The molecule has 2 N–H and O–H groups in total. The molecule has 0 aliphatic carbocycles. The molecule has 120 valence electrons. The summed E-state index contributed by atoms with van der Waals surface area (Å²) < 4.78 is 0. The highest BCUT2D eigenvalue weighted by Gasteiger charge is 2.22. The molecule has 6 heteroatoms. The fraction of sp³-hybridized carbons (Fsp3) is 0.733. The number of guanidine groups is 1. The van der Waals surface area contributed by atoms with Crippen molar-refractivity contribution in [2.75, 3.05) is 26.2 Å². The fourth-order valence-corrected chi connectivity index (χ4v) is 2.35. The zero-order valence-corrected chi connectivity index (χ0v) is 15.4. The lowest BCUT2D eigenvalue weighted by molar-refractivity contribution is -0.134. The minimum Gasteiger partial charge on any atom is -0.357 e. The molecular weight excluding hydrogens is 379 g/mol. The highest BCUT2D eigenvalue weighted by Crippen LogP contribution is 2.17. The molecule has 0 bridgehead atoms. The quantitative estimate of drug-likeness (QED) is 0.316. The summed E-state index contributed by atoms with van der Waals surface area (Å²) in [6.07, 6.45) is 9.12. The van der Waals surface area contributed by atoms with Gasteiger partial charge in [0.2, 0.25) is 5.91 Å². The van der Waals surface area contributed by atoms with Gasteiger partial charge in [-0.2, -0.15) is 0 Å². The molecule has 1 aliphatic heterocycles. The van der Waals surface area contributed by atoms with Crippen LogP contribution in [0.15, 0.2) is 4.99 Å². The molecule has 21 heavy (non-hydrogen) atoms. The fourth-order valence-electron chi connectivity index (χ4n) is 2.35. The molecule has 1 rings (SSSR count). The van der Waals surface area contributed by atoms with Gasteiger partial charge >= 0.3 is 0 Å². The van der Waals surface area contributed by atoms with Crippen molar-refractivity contribution < 1.29 is 4.79 Å². The summed E-state index contributed by atoms with van der Waals surface area (Å²) >= 11 is 0. The Labute approximate surface area is 145 Å². The second-order valence-electron chi connectivity index (χ2n) is 5.00. The van der Waals surface area contributed by atoms with E-state index in [-0.39, 0.29) is 29.9 Å². The van der Waals surface area contributed by atoms with Crippen molar-refractivity contribution in [1.29, 1.82) is 0 Å². The Morgan fingerprint density at radius 2 is 2.19 bits per heavy atom. The van der Waals surface area contributed by atoms with Crippen molar-refractivity contribution in [1.82, 2.24) is 15.5 Å². The predicted molar refractivity (Wildman–Crippen MR) is 97.9 cm³/mol. The molecule has 1 saturated heterocycles. The molecule has 0 aromatic rings. The second-order valence-corrected chi connectivity index (χ2v) is 5.00. The van der Waals surface area contributed by atoms with Crippen molar-refractivity contribution in [2.24, 2.45) is 4.99 Å². The highest BCUT2D eigenvalue weighted by atomic mass is 127. The van der Waals surface area contributed by atoms with Crippen molar-refractivity contribution in [3.05, 3.63) is 0 Å². The summed E-state index contributed by atoms with van der Waals surface area (Å²) in [6, 6.07) is 0.369. The number of terminal acetylenes is 1. The van der Waals surface area contributed by atoms with Gasteiger partial charge in [-0.1, -0.05) is 5.92 Å². The first kappa shape index (κ1) is 20.0. The lowest BCUT2D eigenvalue weighted by Gasteiger charge is -2.33. The molecule has 1 aliphatic rings. The molecular formula is C15H27IN4O. The zero-order valence-electron chi connectivity index (χ0n) is 13.0. The van der Waals surface area contributed by atoms with Crippen molar-refractivity contribution >= 4 is 35.8 Å². The first-order valence-electron chi connectivity index (χ1n) is 7.44. The molecule has 1 amide bonds. The van der Waals surface area contributed by atoms with Crippen LogP contribution in [0, 0.1) is 12.3 Å². The number of hydrogen-bond donors (Lipinski definition) is 2. The maximum atomic E-state index is 12.1. The number of nitrogens with one attached hydrogen (secondary N) is 2. The standard InChI is InChI=1S/C15H26N4O.HI/c1-4-10-17-15(16-5-2)18-11-9-14(20)19-12-7-6-8-13(19)3;/h1,13H,5-12H2,2-3H3,(H2,16,17,18);1H.